The van der Waals surface area contributed by atoms with Gasteiger partial charge in [-0.2, -0.15) is 0 Å². The molecule has 0 spiro atoms. The fourth-order valence-electron chi connectivity index (χ4n) is 2.56. The van der Waals surface area contributed by atoms with Crippen molar-refractivity contribution >= 4 is 27.4 Å². The van der Waals surface area contributed by atoms with Gasteiger partial charge in [0, 0.05) is 38.1 Å². The third kappa shape index (κ3) is 3.08. The van der Waals surface area contributed by atoms with E-state index in [2.05, 4.69) is 19.3 Å². The lowest BCUT2D eigenvalue weighted by molar-refractivity contribution is 0.363. The molecule has 1 atom stereocenters. The van der Waals surface area contributed by atoms with E-state index in [1.54, 1.807) is 6.20 Å². The van der Waals surface area contributed by atoms with Crippen molar-refractivity contribution in [3.63, 3.8) is 0 Å². The summed E-state index contributed by atoms with van der Waals surface area (Å²) in [6, 6.07) is 1.31. The van der Waals surface area contributed by atoms with Gasteiger partial charge in [-0.3, -0.25) is 0 Å². The van der Waals surface area contributed by atoms with Gasteiger partial charge in [0.2, 0.25) is 10.0 Å². The molecule has 22 heavy (non-hydrogen) atoms. The molecule has 0 aromatic carbocycles. The van der Waals surface area contributed by atoms with Crippen molar-refractivity contribution in [2.75, 3.05) is 12.3 Å². The number of fused-ring (bicyclic) bond motifs is 1. The molecule has 9 heteroatoms. The molecule has 1 aliphatic heterocycles. The second-order valence-corrected chi connectivity index (χ2v) is 7.46. The van der Waals surface area contributed by atoms with E-state index < -0.39 is 10.0 Å². The Kier molecular flexibility index (Phi) is 4.07. The summed E-state index contributed by atoms with van der Waals surface area (Å²) in [6.45, 7) is 1.09. The summed E-state index contributed by atoms with van der Waals surface area (Å²) in [4.78, 5) is 7.95. The lowest BCUT2D eigenvalue weighted by atomic mass is 10.00. The van der Waals surface area contributed by atoms with Crippen molar-refractivity contribution in [1.82, 2.24) is 19.3 Å². The number of aryl methyl sites for hydroxylation is 1. The number of pyridine rings is 1. The Hall–Kier alpha value is -1.64. The minimum absolute atomic E-state index is 0.0579. The summed E-state index contributed by atoms with van der Waals surface area (Å²) in [7, 11) is -3.72. The standard InChI is InChI=1S/C13H16ClN5O2S/c14-10-5-11(13(15)17-7-10)22(20,21)18-6-9-1-2-12-16-3-4-19(12)8-9/h3-5,7,9,18H,1-2,6,8H2,(H2,15,17)/t9-/m0/s1. The van der Waals surface area contributed by atoms with E-state index in [0.717, 1.165) is 25.2 Å². The molecule has 2 aromatic heterocycles. The van der Waals surface area contributed by atoms with E-state index in [-0.39, 0.29) is 21.7 Å². The van der Waals surface area contributed by atoms with Crippen LogP contribution in [0.5, 0.6) is 0 Å². The summed E-state index contributed by atoms with van der Waals surface area (Å²) in [5.41, 5.74) is 5.63. The zero-order valence-electron chi connectivity index (χ0n) is 11.7. The van der Waals surface area contributed by atoms with E-state index in [9.17, 15) is 8.42 Å². The first-order valence-corrected chi connectivity index (χ1v) is 8.72. The van der Waals surface area contributed by atoms with Crippen LogP contribution in [0.2, 0.25) is 5.02 Å². The lowest BCUT2D eigenvalue weighted by Gasteiger charge is -2.24. The highest BCUT2D eigenvalue weighted by molar-refractivity contribution is 7.89. The lowest BCUT2D eigenvalue weighted by Crippen LogP contribution is -2.34. The Morgan fingerprint density at radius 3 is 3.09 bits per heavy atom. The van der Waals surface area contributed by atoms with Crippen LogP contribution in [0.1, 0.15) is 12.2 Å². The topological polar surface area (TPSA) is 103 Å². The molecule has 2 aromatic rings. The van der Waals surface area contributed by atoms with Crippen LogP contribution in [0.25, 0.3) is 0 Å². The molecular weight excluding hydrogens is 326 g/mol. The van der Waals surface area contributed by atoms with Gasteiger partial charge in [0.25, 0.3) is 0 Å². The Balaban J connectivity index is 1.69. The van der Waals surface area contributed by atoms with E-state index in [1.165, 1.54) is 12.3 Å². The maximum Gasteiger partial charge on any atom is 0.244 e. The van der Waals surface area contributed by atoms with Crippen molar-refractivity contribution in [2.45, 2.75) is 24.3 Å². The number of hydrogen-bond donors (Lipinski definition) is 2. The summed E-state index contributed by atoms with van der Waals surface area (Å²) >= 11 is 5.79. The predicted molar refractivity (Wildman–Crippen MR) is 82.9 cm³/mol. The molecule has 0 bridgehead atoms. The maximum absolute atomic E-state index is 12.3. The molecule has 0 amide bonds. The van der Waals surface area contributed by atoms with Crippen LogP contribution in [0, 0.1) is 5.92 Å². The number of hydrogen-bond acceptors (Lipinski definition) is 5. The van der Waals surface area contributed by atoms with E-state index >= 15 is 0 Å². The second kappa shape index (κ2) is 5.86. The monoisotopic (exact) mass is 341 g/mol. The van der Waals surface area contributed by atoms with Crippen molar-refractivity contribution in [2.24, 2.45) is 5.92 Å². The molecule has 3 N–H and O–H groups in total. The summed E-state index contributed by atoms with van der Waals surface area (Å²) in [5, 5.41) is 0.232. The molecule has 0 radical (unpaired) electrons. The summed E-state index contributed by atoms with van der Waals surface area (Å²) in [6.07, 6.45) is 6.73. The minimum Gasteiger partial charge on any atom is -0.383 e. The van der Waals surface area contributed by atoms with Gasteiger partial charge in [-0.1, -0.05) is 11.6 Å². The van der Waals surface area contributed by atoms with E-state index in [0.29, 0.717) is 6.54 Å². The van der Waals surface area contributed by atoms with Crippen LogP contribution in [0.4, 0.5) is 5.82 Å². The quantitative estimate of drug-likeness (QED) is 0.865. The molecule has 0 saturated carbocycles. The zero-order valence-corrected chi connectivity index (χ0v) is 13.3. The molecule has 0 saturated heterocycles. The number of nitrogens with two attached hydrogens (primary N) is 1. The number of nitrogens with one attached hydrogen (secondary N) is 1. The number of halogens is 1. The Bertz CT molecular complexity index is 789. The van der Waals surface area contributed by atoms with Gasteiger partial charge >= 0.3 is 0 Å². The first-order valence-electron chi connectivity index (χ1n) is 6.86. The molecule has 0 aliphatic carbocycles. The van der Waals surface area contributed by atoms with Crippen LogP contribution < -0.4 is 10.5 Å². The molecule has 3 rings (SSSR count). The smallest absolute Gasteiger partial charge is 0.244 e. The van der Waals surface area contributed by atoms with Crippen molar-refractivity contribution in [3.05, 3.63) is 35.5 Å². The van der Waals surface area contributed by atoms with Crippen molar-refractivity contribution in [3.8, 4) is 0 Å². The van der Waals surface area contributed by atoms with Crippen LogP contribution in [0.15, 0.2) is 29.6 Å². The number of aromatic nitrogens is 3. The molecule has 3 heterocycles. The molecule has 0 unspecified atom stereocenters. The van der Waals surface area contributed by atoms with Crippen molar-refractivity contribution in [1.29, 1.82) is 0 Å². The fraction of sp³-hybridized carbons (Fsp3) is 0.385. The molecule has 0 fully saturated rings. The second-order valence-electron chi connectivity index (χ2n) is 5.29. The first-order chi connectivity index (χ1) is 10.5. The normalized spacial score (nSPS) is 18.1. The van der Waals surface area contributed by atoms with E-state index in [1.807, 2.05) is 6.20 Å². The van der Waals surface area contributed by atoms with Gasteiger partial charge < -0.3 is 10.3 Å². The average Bonchev–Trinajstić information content (AvgIpc) is 2.95. The van der Waals surface area contributed by atoms with Gasteiger partial charge in [-0.05, 0) is 18.4 Å². The van der Waals surface area contributed by atoms with Gasteiger partial charge in [0.05, 0.1) is 5.02 Å². The van der Waals surface area contributed by atoms with Gasteiger partial charge in [-0.15, -0.1) is 0 Å². The highest BCUT2D eigenvalue weighted by Gasteiger charge is 2.23. The Morgan fingerprint density at radius 1 is 1.45 bits per heavy atom. The number of anilines is 1. The third-order valence-corrected chi connectivity index (χ3v) is 5.39. The predicted octanol–water partition coefficient (Wildman–Crippen LogP) is 1.05. The van der Waals surface area contributed by atoms with Crippen LogP contribution in [0.3, 0.4) is 0 Å². The first kappa shape index (κ1) is 15.3. The number of nitrogens with zero attached hydrogens (tertiary/aromatic N) is 3. The average molecular weight is 342 g/mol. The van der Waals surface area contributed by atoms with E-state index in [4.69, 9.17) is 17.3 Å². The Labute approximate surface area is 133 Å². The summed E-state index contributed by atoms with van der Waals surface area (Å²) in [5.74, 6) is 1.20. The fourth-order valence-corrected chi connectivity index (χ4v) is 4.00. The molecule has 1 aliphatic rings. The van der Waals surface area contributed by atoms with Gasteiger partial charge in [0.15, 0.2) is 0 Å². The van der Waals surface area contributed by atoms with Crippen molar-refractivity contribution < 1.29 is 8.42 Å². The third-order valence-electron chi connectivity index (χ3n) is 3.73. The van der Waals surface area contributed by atoms with Crippen LogP contribution >= 0.6 is 11.6 Å². The number of rotatable bonds is 4. The molecular formula is C13H16ClN5O2S. The van der Waals surface area contributed by atoms with Gasteiger partial charge in [0.1, 0.15) is 16.5 Å². The highest BCUT2D eigenvalue weighted by Crippen LogP contribution is 2.22. The summed E-state index contributed by atoms with van der Waals surface area (Å²) < 4.78 is 29.3. The van der Waals surface area contributed by atoms with Crippen LogP contribution in [-0.4, -0.2) is 29.5 Å². The number of sulfonamides is 1. The molecule has 7 nitrogen and oxygen atoms in total. The molecule has 118 valence electrons. The highest BCUT2D eigenvalue weighted by atomic mass is 35.5. The number of imidazole rings is 1. The maximum atomic E-state index is 12.3. The number of nitrogen functional groups attached to an aromatic ring is 1. The zero-order chi connectivity index (χ0) is 15.7. The van der Waals surface area contributed by atoms with Crippen LogP contribution in [-0.2, 0) is 23.0 Å². The minimum atomic E-state index is -3.72. The largest absolute Gasteiger partial charge is 0.383 e. The Morgan fingerprint density at radius 2 is 2.27 bits per heavy atom. The SMILES string of the molecule is Nc1ncc(Cl)cc1S(=O)(=O)NC[C@@H]1CCc2nccn2C1. The van der Waals surface area contributed by atoms with Gasteiger partial charge in [-0.25, -0.2) is 23.1 Å².